The summed E-state index contributed by atoms with van der Waals surface area (Å²) in [5.74, 6) is 0.505. The highest BCUT2D eigenvalue weighted by Crippen LogP contribution is 2.18. The molecular weight excluding hydrogens is 448 g/mol. The van der Waals surface area contributed by atoms with E-state index in [0.29, 0.717) is 18.0 Å². The summed E-state index contributed by atoms with van der Waals surface area (Å²) in [6.45, 7) is 6.05. The minimum Gasteiger partial charge on any atom is -0.475 e. The van der Waals surface area contributed by atoms with Crippen LogP contribution < -0.4 is 5.69 Å². The third-order valence-electron chi connectivity index (χ3n) is 4.57. The van der Waals surface area contributed by atoms with Crippen LogP contribution in [0, 0.1) is 6.92 Å². The predicted octanol–water partition coefficient (Wildman–Crippen LogP) is 3.79. The minimum atomic E-state index is -0.319. The number of nitrogens with zero attached hydrogens (tertiary/aromatic N) is 6. The fraction of sp³-hybridized carbons (Fsp3) is 0.286. The second kappa shape index (κ2) is 9.62. The molecule has 1 heterocycles. The van der Waals surface area contributed by atoms with Gasteiger partial charge in [-0.15, -0.1) is 5.10 Å². The van der Waals surface area contributed by atoms with Gasteiger partial charge in [0.2, 0.25) is 5.90 Å². The monoisotopic (exact) mass is 470 g/mol. The Labute approximate surface area is 183 Å². The van der Waals surface area contributed by atoms with Crippen molar-refractivity contribution in [2.45, 2.75) is 33.8 Å². The van der Waals surface area contributed by atoms with Crippen molar-refractivity contribution in [2.75, 3.05) is 0 Å². The fourth-order valence-electron chi connectivity index (χ4n) is 2.80. The first-order valence-corrected chi connectivity index (χ1v) is 10.3. The molecular formula is C21H23BrN6O2. The molecule has 0 N–H and O–H groups in total. The molecule has 156 valence electrons. The van der Waals surface area contributed by atoms with Crippen molar-refractivity contribution in [1.29, 1.82) is 0 Å². The molecule has 8 nitrogen and oxygen atoms in total. The van der Waals surface area contributed by atoms with Gasteiger partial charge < -0.3 is 4.74 Å². The van der Waals surface area contributed by atoms with Crippen LogP contribution in [-0.4, -0.2) is 31.4 Å². The number of benzene rings is 2. The quantitative estimate of drug-likeness (QED) is 0.311. The van der Waals surface area contributed by atoms with E-state index in [9.17, 15) is 4.79 Å². The number of hydrogen-bond donors (Lipinski definition) is 0. The Morgan fingerprint density at radius 3 is 2.60 bits per heavy atom. The van der Waals surface area contributed by atoms with E-state index in [1.54, 1.807) is 7.05 Å². The van der Waals surface area contributed by atoms with E-state index in [1.807, 2.05) is 63.2 Å². The Hall–Kier alpha value is -3.07. The summed E-state index contributed by atoms with van der Waals surface area (Å²) in [6.07, 6.45) is 0.585. The van der Waals surface area contributed by atoms with E-state index >= 15 is 0 Å². The van der Waals surface area contributed by atoms with Crippen molar-refractivity contribution in [2.24, 2.45) is 17.3 Å². The Morgan fingerprint density at radius 2 is 1.93 bits per heavy atom. The molecule has 0 unspecified atom stereocenters. The first kappa shape index (κ1) is 21.6. The summed E-state index contributed by atoms with van der Waals surface area (Å²) in [6, 6.07) is 13.5. The fourth-order valence-corrected chi connectivity index (χ4v) is 3.20. The molecule has 2 aromatic carbocycles. The van der Waals surface area contributed by atoms with Crippen LogP contribution in [-0.2, 0) is 18.4 Å². The Morgan fingerprint density at radius 1 is 1.17 bits per heavy atom. The predicted molar refractivity (Wildman–Crippen MR) is 120 cm³/mol. The summed E-state index contributed by atoms with van der Waals surface area (Å²) in [5.41, 5.74) is 3.90. The molecule has 3 aromatic rings. The molecule has 0 saturated carbocycles. The number of tetrazole rings is 1. The maximum atomic E-state index is 12.3. The Bertz CT molecular complexity index is 1160. The molecule has 3 rings (SSSR count). The zero-order valence-corrected chi connectivity index (χ0v) is 18.9. The Kier molecular flexibility index (Phi) is 6.94. The van der Waals surface area contributed by atoms with Crippen molar-refractivity contribution in [1.82, 2.24) is 19.8 Å². The smallest absolute Gasteiger partial charge is 0.368 e. The van der Waals surface area contributed by atoms with Gasteiger partial charge in [-0.2, -0.15) is 14.5 Å². The summed E-state index contributed by atoms with van der Waals surface area (Å²) >= 11 is 3.46. The molecule has 9 heteroatoms. The largest absolute Gasteiger partial charge is 0.475 e. The van der Waals surface area contributed by atoms with Crippen LogP contribution in [0.5, 0.6) is 0 Å². The second-order valence-corrected chi connectivity index (χ2v) is 7.62. The van der Waals surface area contributed by atoms with Crippen molar-refractivity contribution in [3.05, 3.63) is 74.1 Å². The third-order valence-corrected chi connectivity index (χ3v) is 5.07. The summed E-state index contributed by atoms with van der Waals surface area (Å²) in [4.78, 5) is 12.3. The van der Waals surface area contributed by atoms with E-state index in [2.05, 4.69) is 36.6 Å². The molecule has 0 radical (unpaired) electrons. The first-order chi connectivity index (χ1) is 14.4. The van der Waals surface area contributed by atoms with Gasteiger partial charge in [-0.25, -0.2) is 4.79 Å². The molecule has 1 aromatic heterocycles. The number of halogens is 1. The number of ether oxygens (including phenoxy) is 1. The molecule has 30 heavy (non-hydrogen) atoms. The maximum absolute atomic E-state index is 12.3. The molecule has 0 saturated heterocycles. The van der Waals surface area contributed by atoms with Crippen LogP contribution in [0.3, 0.4) is 0 Å². The lowest BCUT2D eigenvalue weighted by atomic mass is 10.1. The van der Waals surface area contributed by atoms with Crippen molar-refractivity contribution >= 4 is 27.5 Å². The average molecular weight is 471 g/mol. The van der Waals surface area contributed by atoms with Gasteiger partial charge in [-0.05, 0) is 53.6 Å². The van der Waals surface area contributed by atoms with E-state index < -0.39 is 0 Å². The molecule has 0 bridgehead atoms. The van der Waals surface area contributed by atoms with Gasteiger partial charge in [-0.1, -0.05) is 47.1 Å². The van der Waals surface area contributed by atoms with Gasteiger partial charge >= 0.3 is 5.69 Å². The molecule has 0 spiro atoms. The SMILES string of the molecule is CC/C(=N\N=C(/C)c1cccc(Br)c1)OCc1c(C)cccc1-n1nnn(C)c1=O. The van der Waals surface area contributed by atoms with E-state index in [1.165, 1.54) is 9.36 Å². The highest BCUT2D eigenvalue weighted by atomic mass is 79.9. The van der Waals surface area contributed by atoms with Gasteiger partial charge in [0, 0.05) is 23.5 Å². The molecule has 0 amide bonds. The standard InChI is InChI=1S/C21H23BrN6O2/c1-5-20(24-23-15(3)16-9-7-10-17(22)12-16)30-13-18-14(2)8-6-11-19(18)28-21(29)27(4)25-26-28/h6-12H,5,13H2,1-4H3/b23-15+,24-20+. The summed E-state index contributed by atoms with van der Waals surface area (Å²) < 4.78 is 9.38. The van der Waals surface area contributed by atoms with Gasteiger partial charge in [0.15, 0.2) is 0 Å². The highest BCUT2D eigenvalue weighted by molar-refractivity contribution is 9.10. The Balaban J connectivity index is 1.83. The number of rotatable bonds is 6. The van der Waals surface area contributed by atoms with Crippen LogP contribution in [0.2, 0.25) is 0 Å². The lowest BCUT2D eigenvalue weighted by Gasteiger charge is -2.13. The molecule has 0 fully saturated rings. The van der Waals surface area contributed by atoms with E-state index in [-0.39, 0.29) is 12.3 Å². The van der Waals surface area contributed by atoms with Crippen LogP contribution in [0.25, 0.3) is 5.69 Å². The minimum absolute atomic E-state index is 0.239. The van der Waals surface area contributed by atoms with Crippen LogP contribution in [0.1, 0.15) is 37.0 Å². The van der Waals surface area contributed by atoms with Crippen molar-refractivity contribution in [3.63, 3.8) is 0 Å². The number of aryl methyl sites for hydroxylation is 2. The van der Waals surface area contributed by atoms with Gasteiger partial charge in [0.1, 0.15) is 6.61 Å². The number of aromatic nitrogens is 4. The first-order valence-electron chi connectivity index (χ1n) is 9.48. The zero-order chi connectivity index (χ0) is 21.7. The third kappa shape index (κ3) is 4.91. The normalized spacial score (nSPS) is 12.3. The second-order valence-electron chi connectivity index (χ2n) is 6.70. The van der Waals surface area contributed by atoms with Crippen LogP contribution >= 0.6 is 15.9 Å². The topological polar surface area (TPSA) is 86.7 Å². The lowest BCUT2D eigenvalue weighted by molar-refractivity contribution is 0.282. The van der Waals surface area contributed by atoms with E-state index in [4.69, 9.17) is 4.74 Å². The van der Waals surface area contributed by atoms with Crippen molar-refractivity contribution in [3.8, 4) is 5.69 Å². The average Bonchev–Trinajstić information content (AvgIpc) is 3.07. The summed E-state index contributed by atoms with van der Waals surface area (Å²) in [7, 11) is 1.56. The highest BCUT2D eigenvalue weighted by Gasteiger charge is 2.14. The number of hydrogen-bond acceptors (Lipinski definition) is 6. The van der Waals surface area contributed by atoms with Gasteiger partial charge in [-0.3, -0.25) is 0 Å². The molecule has 0 aliphatic carbocycles. The molecule has 0 aliphatic rings. The van der Waals surface area contributed by atoms with Crippen molar-refractivity contribution < 1.29 is 4.74 Å². The van der Waals surface area contributed by atoms with Crippen LogP contribution in [0.15, 0.2) is 61.9 Å². The lowest BCUT2D eigenvalue weighted by Crippen LogP contribution is -2.23. The van der Waals surface area contributed by atoms with Gasteiger partial charge in [0.25, 0.3) is 0 Å². The van der Waals surface area contributed by atoms with E-state index in [0.717, 1.165) is 26.9 Å². The maximum Gasteiger partial charge on any atom is 0.368 e. The summed E-state index contributed by atoms with van der Waals surface area (Å²) in [5, 5.41) is 16.3. The van der Waals surface area contributed by atoms with Gasteiger partial charge in [0.05, 0.1) is 11.4 Å². The molecule has 0 atom stereocenters. The van der Waals surface area contributed by atoms with Crippen LogP contribution in [0.4, 0.5) is 0 Å². The molecule has 0 aliphatic heterocycles. The zero-order valence-electron chi connectivity index (χ0n) is 17.3.